The molecule has 1 aromatic rings. The summed E-state index contributed by atoms with van der Waals surface area (Å²) >= 11 is 0. The molecule has 100 valence electrons. The number of aromatic carboxylic acids is 1. The Labute approximate surface area is 103 Å². The molecule has 0 amide bonds. The van der Waals surface area contributed by atoms with E-state index in [0.717, 1.165) is 6.07 Å². The van der Waals surface area contributed by atoms with Crippen LogP contribution in [0.3, 0.4) is 0 Å². The molecule has 18 heavy (non-hydrogen) atoms. The highest BCUT2D eigenvalue weighted by molar-refractivity contribution is 5.94. The summed E-state index contributed by atoms with van der Waals surface area (Å²) in [6.45, 7) is 3.65. The molecule has 0 aliphatic rings. The van der Waals surface area contributed by atoms with E-state index in [2.05, 4.69) is 0 Å². The van der Waals surface area contributed by atoms with Crippen LogP contribution in [0.15, 0.2) is 18.2 Å². The van der Waals surface area contributed by atoms with Crippen LogP contribution in [-0.4, -0.2) is 24.2 Å². The zero-order valence-electron chi connectivity index (χ0n) is 10.2. The van der Waals surface area contributed by atoms with Crippen LogP contribution in [0.4, 0.5) is 18.9 Å². The van der Waals surface area contributed by atoms with E-state index in [1.54, 1.807) is 11.9 Å². The van der Waals surface area contributed by atoms with Crippen LogP contribution in [0.1, 0.15) is 29.8 Å². The minimum atomic E-state index is -4.54. The Bertz CT molecular complexity index is 455. The van der Waals surface area contributed by atoms with E-state index in [9.17, 15) is 18.0 Å². The van der Waals surface area contributed by atoms with Gasteiger partial charge in [0, 0.05) is 13.1 Å². The molecule has 0 aliphatic heterocycles. The van der Waals surface area contributed by atoms with Crippen molar-refractivity contribution in [2.45, 2.75) is 26.1 Å². The van der Waals surface area contributed by atoms with Crippen LogP contribution in [0.25, 0.3) is 0 Å². The van der Waals surface area contributed by atoms with Crippen LogP contribution in [0.2, 0.25) is 0 Å². The molecule has 0 aromatic heterocycles. The van der Waals surface area contributed by atoms with Crippen LogP contribution >= 0.6 is 0 Å². The van der Waals surface area contributed by atoms with Gasteiger partial charge >= 0.3 is 12.1 Å². The maximum atomic E-state index is 12.5. The van der Waals surface area contributed by atoms with Gasteiger partial charge in [0.15, 0.2) is 0 Å². The lowest BCUT2D eigenvalue weighted by Gasteiger charge is -2.25. The van der Waals surface area contributed by atoms with Gasteiger partial charge in [-0.3, -0.25) is 0 Å². The molecule has 0 fully saturated rings. The fraction of sp³-hybridized carbons (Fsp3) is 0.417. The van der Waals surface area contributed by atoms with Crippen molar-refractivity contribution in [1.82, 2.24) is 0 Å². The zero-order valence-corrected chi connectivity index (χ0v) is 10.2. The Hall–Kier alpha value is -1.72. The first kappa shape index (κ1) is 14.3. The number of carboxylic acids is 1. The van der Waals surface area contributed by atoms with Gasteiger partial charge in [-0.25, -0.2) is 4.79 Å². The Morgan fingerprint density at radius 1 is 1.33 bits per heavy atom. The standard InChI is InChI=1S/C12H14F3NO2/c1-7(2)16(3)10-5-4-8(12(13,14)15)6-9(10)11(17)18/h4-7H,1-3H3,(H,17,18). The highest BCUT2D eigenvalue weighted by Gasteiger charge is 2.32. The number of carboxylic acid groups (broad SMARTS) is 1. The van der Waals surface area contributed by atoms with Gasteiger partial charge in [0.2, 0.25) is 0 Å². The number of carbonyl (C=O) groups is 1. The van der Waals surface area contributed by atoms with Gasteiger partial charge in [0.1, 0.15) is 0 Å². The summed E-state index contributed by atoms with van der Waals surface area (Å²) in [5.41, 5.74) is -1.03. The lowest BCUT2D eigenvalue weighted by atomic mass is 10.1. The van der Waals surface area contributed by atoms with Crippen molar-refractivity contribution in [1.29, 1.82) is 0 Å². The fourth-order valence-corrected chi connectivity index (χ4v) is 1.47. The van der Waals surface area contributed by atoms with Gasteiger partial charge in [-0.2, -0.15) is 13.2 Å². The van der Waals surface area contributed by atoms with Crippen molar-refractivity contribution >= 4 is 11.7 Å². The Morgan fingerprint density at radius 2 is 1.89 bits per heavy atom. The van der Waals surface area contributed by atoms with E-state index in [-0.39, 0.29) is 17.3 Å². The van der Waals surface area contributed by atoms with Crippen molar-refractivity contribution in [2.75, 3.05) is 11.9 Å². The van der Waals surface area contributed by atoms with Crippen LogP contribution in [-0.2, 0) is 6.18 Å². The molecule has 0 heterocycles. The van der Waals surface area contributed by atoms with Crippen LogP contribution < -0.4 is 4.90 Å². The Kier molecular flexibility index (Phi) is 3.88. The van der Waals surface area contributed by atoms with Gasteiger partial charge in [0.25, 0.3) is 0 Å². The van der Waals surface area contributed by atoms with E-state index in [1.165, 1.54) is 6.07 Å². The average molecular weight is 261 g/mol. The lowest BCUT2D eigenvalue weighted by molar-refractivity contribution is -0.137. The summed E-state index contributed by atoms with van der Waals surface area (Å²) in [6, 6.07) is 2.73. The number of alkyl halides is 3. The van der Waals surface area contributed by atoms with Crippen LogP contribution in [0.5, 0.6) is 0 Å². The molecular formula is C12H14F3NO2. The molecule has 0 spiro atoms. The monoisotopic (exact) mass is 261 g/mol. The third-order valence-electron chi connectivity index (χ3n) is 2.71. The molecular weight excluding hydrogens is 247 g/mol. The quantitative estimate of drug-likeness (QED) is 0.908. The number of benzene rings is 1. The molecule has 0 aliphatic carbocycles. The molecule has 0 unspecified atom stereocenters. The molecule has 1 N–H and O–H groups in total. The van der Waals surface area contributed by atoms with E-state index < -0.39 is 17.7 Å². The molecule has 0 saturated carbocycles. The topological polar surface area (TPSA) is 40.5 Å². The van der Waals surface area contributed by atoms with Crippen LogP contribution in [0, 0.1) is 0 Å². The number of anilines is 1. The molecule has 1 rings (SSSR count). The molecule has 0 atom stereocenters. The molecule has 0 bridgehead atoms. The number of halogens is 3. The van der Waals surface area contributed by atoms with Crippen molar-refractivity contribution in [3.63, 3.8) is 0 Å². The molecule has 1 aromatic carbocycles. The molecule has 0 radical (unpaired) electrons. The largest absolute Gasteiger partial charge is 0.478 e. The normalized spacial score (nSPS) is 11.7. The van der Waals surface area contributed by atoms with E-state index in [0.29, 0.717) is 6.07 Å². The first-order valence-electron chi connectivity index (χ1n) is 5.32. The Morgan fingerprint density at radius 3 is 2.28 bits per heavy atom. The summed E-state index contributed by atoms with van der Waals surface area (Å²) in [5, 5.41) is 8.99. The van der Waals surface area contributed by atoms with Crippen molar-refractivity contribution in [3.8, 4) is 0 Å². The van der Waals surface area contributed by atoms with E-state index in [4.69, 9.17) is 5.11 Å². The predicted molar refractivity (Wildman–Crippen MR) is 61.9 cm³/mol. The molecule has 0 saturated heterocycles. The predicted octanol–water partition coefficient (Wildman–Crippen LogP) is 3.25. The first-order chi connectivity index (χ1) is 8.14. The lowest BCUT2D eigenvalue weighted by Crippen LogP contribution is -2.27. The molecule has 3 nitrogen and oxygen atoms in total. The minimum Gasteiger partial charge on any atom is -0.478 e. The van der Waals surface area contributed by atoms with E-state index >= 15 is 0 Å². The summed E-state index contributed by atoms with van der Waals surface area (Å²) in [7, 11) is 1.64. The second kappa shape index (κ2) is 4.88. The number of hydrogen-bond acceptors (Lipinski definition) is 2. The first-order valence-corrected chi connectivity index (χ1v) is 5.32. The fourth-order valence-electron chi connectivity index (χ4n) is 1.47. The highest BCUT2D eigenvalue weighted by atomic mass is 19.4. The number of hydrogen-bond donors (Lipinski definition) is 1. The van der Waals surface area contributed by atoms with E-state index in [1.807, 2.05) is 13.8 Å². The second-order valence-corrected chi connectivity index (χ2v) is 4.24. The van der Waals surface area contributed by atoms with Crippen molar-refractivity contribution < 1.29 is 23.1 Å². The number of nitrogens with zero attached hydrogens (tertiary/aromatic N) is 1. The third kappa shape index (κ3) is 2.94. The summed E-state index contributed by atoms with van der Waals surface area (Å²) in [5.74, 6) is -1.37. The zero-order chi connectivity index (χ0) is 14.1. The minimum absolute atomic E-state index is 0.0140. The second-order valence-electron chi connectivity index (χ2n) is 4.24. The number of rotatable bonds is 3. The van der Waals surface area contributed by atoms with Gasteiger partial charge in [-0.15, -0.1) is 0 Å². The highest BCUT2D eigenvalue weighted by Crippen LogP contribution is 2.33. The maximum Gasteiger partial charge on any atom is 0.416 e. The smallest absolute Gasteiger partial charge is 0.416 e. The maximum absolute atomic E-state index is 12.5. The van der Waals surface area contributed by atoms with Gasteiger partial charge in [-0.05, 0) is 32.0 Å². The summed E-state index contributed by atoms with van der Waals surface area (Å²) < 4.78 is 37.5. The average Bonchev–Trinajstić information content (AvgIpc) is 2.25. The molecule has 6 heteroatoms. The summed E-state index contributed by atoms with van der Waals surface area (Å²) in [4.78, 5) is 12.6. The SMILES string of the molecule is CC(C)N(C)c1ccc(C(F)(F)F)cc1C(=O)O. The van der Waals surface area contributed by atoms with Gasteiger partial charge < -0.3 is 10.0 Å². The van der Waals surface area contributed by atoms with Crippen molar-refractivity contribution in [2.24, 2.45) is 0 Å². The van der Waals surface area contributed by atoms with Crippen molar-refractivity contribution in [3.05, 3.63) is 29.3 Å². The van der Waals surface area contributed by atoms with Gasteiger partial charge in [0.05, 0.1) is 16.8 Å². The van der Waals surface area contributed by atoms with Gasteiger partial charge in [-0.1, -0.05) is 0 Å². The third-order valence-corrected chi connectivity index (χ3v) is 2.71. The Balaban J connectivity index is 3.34. The summed E-state index contributed by atoms with van der Waals surface area (Å²) in [6.07, 6.45) is -4.54.